The van der Waals surface area contributed by atoms with Crippen LogP contribution in [0.15, 0.2) is 10.6 Å². The van der Waals surface area contributed by atoms with Gasteiger partial charge >= 0.3 is 0 Å². The fraction of sp³-hybridized carbons (Fsp3) is 0.692. The highest BCUT2D eigenvalue weighted by Crippen LogP contribution is 2.08. The van der Waals surface area contributed by atoms with Crippen molar-refractivity contribution in [3.05, 3.63) is 17.5 Å². The maximum Gasteiger partial charge on any atom is 0.237 e. The zero-order valence-electron chi connectivity index (χ0n) is 12.1. The fourth-order valence-corrected chi connectivity index (χ4v) is 1.56. The molecule has 1 aromatic heterocycles. The van der Waals surface area contributed by atoms with Gasteiger partial charge in [-0.15, -0.1) is 0 Å². The van der Waals surface area contributed by atoms with E-state index < -0.39 is 0 Å². The summed E-state index contributed by atoms with van der Waals surface area (Å²) in [6.45, 7) is 10.2. The number of carbonyl (C=O) groups excluding carboxylic acids is 1. The third-order valence-electron chi connectivity index (χ3n) is 2.63. The lowest BCUT2D eigenvalue weighted by Gasteiger charge is -2.27. The summed E-state index contributed by atoms with van der Waals surface area (Å²) >= 11 is 0. The van der Waals surface area contributed by atoms with Crippen molar-refractivity contribution in [2.75, 3.05) is 7.05 Å². The summed E-state index contributed by atoms with van der Waals surface area (Å²) in [6.07, 6.45) is 0. The minimum atomic E-state index is -0.212. The predicted octanol–water partition coefficient (Wildman–Crippen LogP) is 1.72. The molecule has 0 saturated heterocycles. The molecule has 0 fully saturated rings. The normalized spacial score (nSPS) is 13.7. The first-order valence-electron chi connectivity index (χ1n) is 6.13. The molecule has 1 N–H and O–H groups in total. The van der Waals surface area contributed by atoms with Crippen LogP contribution in [0.4, 0.5) is 0 Å². The van der Waals surface area contributed by atoms with Gasteiger partial charge in [0.1, 0.15) is 5.76 Å². The molecule has 5 heteroatoms. The lowest BCUT2D eigenvalue weighted by Crippen LogP contribution is -2.49. The van der Waals surface area contributed by atoms with Crippen LogP contribution in [0.2, 0.25) is 0 Å². The Hall–Kier alpha value is -1.36. The molecule has 1 amide bonds. The zero-order valence-corrected chi connectivity index (χ0v) is 12.1. The average Bonchev–Trinajstić information content (AvgIpc) is 2.60. The quantitative estimate of drug-likeness (QED) is 0.887. The van der Waals surface area contributed by atoms with Gasteiger partial charge < -0.3 is 9.84 Å². The van der Waals surface area contributed by atoms with Gasteiger partial charge in [0.25, 0.3) is 0 Å². The summed E-state index contributed by atoms with van der Waals surface area (Å²) in [6, 6.07) is 1.67. The number of aryl methyl sites for hydroxylation is 1. The molecule has 1 aromatic rings. The first-order valence-corrected chi connectivity index (χ1v) is 6.13. The van der Waals surface area contributed by atoms with Gasteiger partial charge in [-0.1, -0.05) is 5.16 Å². The lowest BCUT2D eigenvalue weighted by atomic mass is 10.1. The van der Waals surface area contributed by atoms with Gasteiger partial charge in [-0.05, 0) is 41.7 Å². The number of likely N-dealkylation sites (N-methyl/N-ethyl adjacent to an activating group) is 1. The van der Waals surface area contributed by atoms with Crippen LogP contribution in [0.3, 0.4) is 0 Å². The van der Waals surface area contributed by atoms with Crippen molar-refractivity contribution in [2.24, 2.45) is 0 Å². The van der Waals surface area contributed by atoms with Crippen molar-refractivity contribution >= 4 is 5.91 Å². The fourth-order valence-electron chi connectivity index (χ4n) is 1.56. The monoisotopic (exact) mass is 253 g/mol. The van der Waals surface area contributed by atoms with Crippen LogP contribution in [-0.2, 0) is 11.3 Å². The van der Waals surface area contributed by atoms with Gasteiger partial charge in [0.15, 0.2) is 0 Å². The number of hydrogen-bond acceptors (Lipinski definition) is 4. The molecular weight excluding hydrogens is 230 g/mol. The molecule has 0 aromatic carbocycles. The Morgan fingerprint density at radius 3 is 2.61 bits per heavy atom. The Kier molecular flexibility index (Phi) is 4.51. The van der Waals surface area contributed by atoms with E-state index in [9.17, 15) is 4.79 Å². The average molecular weight is 253 g/mol. The number of aromatic nitrogens is 1. The molecule has 1 unspecified atom stereocenters. The molecule has 0 radical (unpaired) electrons. The number of hydrogen-bond donors (Lipinski definition) is 1. The van der Waals surface area contributed by atoms with Gasteiger partial charge in [0.05, 0.1) is 11.7 Å². The van der Waals surface area contributed by atoms with Gasteiger partial charge in [-0.25, -0.2) is 0 Å². The van der Waals surface area contributed by atoms with E-state index in [0.717, 1.165) is 11.5 Å². The van der Waals surface area contributed by atoms with Gasteiger partial charge in [0, 0.05) is 18.2 Å². The Labute approximate surface area is 109 Å². The Morgan fingerprint density at radius 1 is 1.56 bits per heavy atom. The minimum absolute atomic E-state index is 0.0187. The van der Waals surface area contributed by atoms with Crippen LogP contribution < -0.4 is 5.32 Å². The number of amides is 1. The third kappa shape index (κ3) is 4.49. The highest BCUT2D eigenvalue weighted by molar-refractivity contribution is 5.81. The summed E-state index contributed by atoms with van der Waals surface area (Å²) in [5.74, 6) is 0.801. The van der Waals surface area contributed by atoms with Gasteiger partial charge in [0.2, 0.25) is 5.91 Å². The van der Waals surface area contributed by atoms with Crippen molar-refractivity contribution in [2.45, 2.75) is 52.7 Å². The molecule has 1 heterocycles. The van der Waals surface area contributed by atoms with Gasteiger partial charge in [-0.2, -0.15) is 0 Å². The van der Waals surface area contributed by atoms with Crippen molar-refractivity contribution < 1.29 is 9.32 Å². The Bertz CT molecular complexity index is 407. The van der Waals surface area contributed by atoms with Crippen molar-refractivity contribution in [1.29, 1.82) is 0 Å². The molecule has 0 aliphatic carbocycles. The van der Waals surface area contributed by atoms with E-state index in [1.165, 1.54) is 0 Å². The minimum Gasteiger partial charge on any atom is -0.361 e. The molecule has 0 saturated carbocycles. The molecule has 0 bridgehead atoms. The first kappa shape index (κ1) is 14.7. The SMILES string of the molecule is Cc1cc(CN(C)C(C)C(=O)NC(C)(C)C)no1. The number of nitrogens with one attached hydrogen (secondary N) is 1. The van der Waals surface area contributed by atoms with Crippen LogP contribution in [0.25, 0.3) is 0 Å². The molecule has 5 nitrogen and oxygen atoms in total. The Morgan fingerprint density at radius 2 is 2.17 bits per heavy atom. The first-order chi connectivity index (χ1) is 8.19. The van der Waals surface area contributed by atoms with E-state index in [1.54, 1.807) is 0 Å². The molecule has 102 valence electrons. The molecular formula is C13H23N3O2. The topological polar surface area (TPSA) is 58.4 Å². The van der Waals surface area contributed by atoms with E-state index >= 15 is 0 Å². The standard InChI is InChI=1S/C13H23N3O2/c1-9-7-11(15-18-9)8-16(6)10(2)12(17)14-13(3,4)5/h7,10H,8H2,1-6H3,(H,14,17). The van der Waals surface area contributed by atoms with Crippen LogP contribution in [0.5, 0.6) is 0 Å². The second-order valence-electron chi connectivity index (χ2n) is 5.76. The number of rotatable bonds is 4. The lowest BCUT2D eigenvalue weighted by molar-refractivity contribution is -0.127. The van der Waals surface area contributed by atoms with Crippen molar-refractivity contribution in [1.82, 2.24) is 15.4 Å². The van der Waals surface area contributed by atoms with Crippen LogP contribution in [0, 0.1) is 6.92 Å². The van der Waals surface area contributed by atoms with E-state index in [4.69, 9.17) is 4.52 Å². The summed E-state index contributed by atoms with van der Waals surface area (Å²) in [5, 5.41) is 6.89. The van der Waals surface area contributed by atoms with E-state index in [0.29, 0.717) is 6.54 Å². The van der Waals surface area contributed by atoms with Crippen molar-refractivity contribution in [3.63, 3.8) is 0 Å². The van der Waals surface area contributed by atoms with Gasteiger partial charge in [-0.3, -0.25) is 9.69 Å². The second-order valence-corrected chi connectivity index (χ2v) is 5.76. The van der Waals surface area contributed by atoms with Crippen LogP contribution in [-0.4, -0.2) is 34.6 Å². The smallest absolute Gasteiger partial charge is 0.237 e. The number of carbonyl (C=O) groups is 1. The predicted molar refractivity (Wildman–Crippen MR) is 70.1 cm³/mol. The maximum atomic E-state index is 12.0. The summed E-state index contributed by atoms with van der Waals surface area (Å²) in [7, 11) is 1.90. The van der Waals surface area contributed by atoms with Crippen molar-refractivity contribution in [3.8, 4) is 0 Å². The maximum absolute atomic E-state index is 12.0. The summed E-state index contributed by atoms with van der Waals surface area (Å²) in [5.41, 5.74) is 0.627. The van der Waals surface area contributed by atoms with E-state index in [1.807, 2.05) is 52.6 Å². The summed E-state index contributed by atoms with van der Waals surface area (Å²) in [4.78, 5) is 13.9. The molecule has 0 spiro atoms. The van der Waals surface area contributed by atoms with Crippen LogP contribution >= 0.6 is 0 Å². The molecule has 18 heavy (non-hydrogen) atoms. The highest BCUT2D eigenvalue weighted by Gasteiger charge is 2.22. The Balaban J connectivity index is 2.55. The molecule has 1 atom stereocenters. The van der Waals surface area contributed by atoms with E-state index in [2.05, 4.69) is 10.5 Å². The largest absolute Gasteiger partial charge is 0.361 e. The van der Waals surface area contributed by atoms with Crippen LogP contribution in [0.1, 0.15) is 39.1 Å². The summed E-state index contributed by atoms with van der Waals surface area (Å²) < 4.78 is 5.01. The zero-order chi connectivity index (χ0) is 13.9. The highest BCUT2D eigenvalue weighted by atomic mass is 16.5. The second kappa shape index (κ2) is 5.52. The van der Waals surface area contributed by atoms with E-state index in [-0.39, 0.29) is 17.5 Å². The molecule has 0 aliphatic rings. The third-order valence-corrected chi connectivity index (χ3v) is 2.63. The molecule has 1 rings (SSSR count). The number of nitrogens with zero attached hydrogens (tertiary/aromatic N) is 2. The molecule has 0 aliphatic heterocycles.